The summed E-state index contributed by atoms with van der Waals surface area (Å²) in [5, 5.41) is 0. The minimum atomic E-state index is 0.345. The number of hydrogen-bond donors (Lipinski definition) is 0. The number of ether oxygens (including phenoxy) is 1. The second kappa shape index (κ2) is 5.72. The van der Waals surface area contributed by atoms with Crippen molar-refractivity contribution < 1.29 is 4.74 Å². The maximum Gasteiger partial charge on any atom is 0.138 e. The van der Waals surface area contributed by atoms with E-state index in [9.17, 15) is 0 Å². The standard InChI is InChI=1S/C14H20ClNO/c1-10-5-11(2)7-14(6-10)17-13-4-3-12(8-15)16-9-13/h3-4,9-11,14H,5-8H2,1-2H3. The summed E-state index contributed by atoms with van der Waals surface area (Å²) >= 11 is 5.71. The van der Waals surface area contributed by atoms with Gasteiger partial charge in [-0.3, -0.25) is 4.98 Å². The molecular weight excluding hydrogens is 234 g/mol. The van der Waals surface area contributed by atoms with Crippen molar-refractivity contribution in [2.24, 2.45) is 11.8 Å². The van der Waals surface area contributed by atoms with Crippen LogP contribution < -0.4 is 4.74 Å². The Labute approximate surface area is 108 Å². The molecule has 2 rings (SSSR count). The molecule has 1 aliphatic rings. The molecule has 1 saturated carbocycles. The van der Waals surface area contributed by atoms with Crippen molar-refractivity contribution in [3.05, 3.63) is 24.0 Å². The number of aromatic nitrogens is 1. The van der Waals surface area contributed by atoms with Crippen LogP contribution in [-0.4, -0.2) is 11.1 Å². The molecular formula is C14H20ClNO. The third-order valence-corrected chi connectivity index (χ3v) is 3.65. The molecule has 2 nitrogen and oxygen atoms in total. The molecule has 0 N–H and O–H groups in total. The van der Waals surface area contributed by atoms with E-state index in [1.165, 1.54) is 6.42 Å². The van der Waals surface area contributed by atoms with Crippen LogP contribution in [0.1, 0.15) is 38.8 Å². The fourth-order valence-electron chi connectivity index (χ4n) is 2.72. The Morgan fingerprint density at radius 3 is 2.47 bits per heavy atom. The Morgan fingerprint density at radius 1 is 1.24 bits per heavy atom. The van der Waals surface area contributed by atoms with Gasteiger partial charge in [-0.25, -0.2) is 0 Å². The number of nitrogens with zero attached hydrogens (tertiary/aromatic N) is 1. The van der Waals surface area contributed by atoms with Crippen molar-refractivity contribution in [3.63, 3.8) is 0 Å². The summed E-state index contributed by atoms with van der Waals surface area (Å²) in [7, 11) is 0. The van der Waals surface area contributed by atoms with Crippen LogP contribution in [0, 0.1) is 11.8 Å². The summed E-state index contributed by atoms with van der Waals surface area (Å²) in [5.74, 6) is 2.85. The highest BCUT2D eigenvalue weighted by Crippen LogP contribution is 2.31. The fourth-order valence-corrected chi connectivity index (χ4v) is 2.88. The van der Waals surface area contributed by atoms with Gasteiger partial charge in [0.1, 0.15) is 5.75 Å². The van der Waals surface area contributed by atoms with Crippen molar-refractivity contribution >= 4 is 11.6 Å². The van der Waals surface area contributed by atoms with Crippen LogP contribution in [0.25, 0.3) is 0 Å². The van der Waals surface area contributed by atoms with Gasteiger partial charge < -0.3 is 4.74 Å². The molecule has 1 aromatic heterocycles. The van der Waals surface area contributed by atoms with Gasteiger partial charge in [-0.15, -0.1) is 11.6 Å². The molecule has 0 bridgehead atoms. The molecule has 2 unspecified atom stereocenters. The van der Waals surface area contributed by atoms with Crippen molar-refractivity contribution in [1.29, 1.82) is 0 Å². The van der Waals surface area contributed by atoms with E-state index in [2.05, 4.69) is 18.8 Å². The lowest BCUT2D eigenvalue weighted by atomic mass is 9.82. The molecule has 0 amide bonds. The van der Waals surface area contributed by atoms with Crippen molar-refractivity contribution in [2.75, 3.05) is 0 Å². The highest BCUT2D eigenvalue weighted by Gasteiger charge is 2.25. The quantitative estimate of drug-likeness (QED) is 0.759. The van der Waals surface area contributed by atoms with Crippen LogP contribution in [0.5, 0.6) is 5.75 Å². The van der Waals surface area contributed by atoms with Crippen molar-refractivity contribution in [3.8, 4) is 5.75 Å². The minimum Gasteiger partial charge on any atom is -0.489 e. The Hall–Kier alpha value is -0.760. The molecule has 1 aromatic rings. The van der Waals surface area contributed by atoms with Crippen LogP contribution in [0.4, 0.5) is 0 Å². The highest BCUT2D eigenvalue weighted by molar-refractivity contribution is 6.16. The first-order valence-corrected chi connectivity index (χ1v) is 6.88. The summed E-state index contributed by atoms with van der Waals surface area (Å²) in [6.45, 7) is 4.61. The number of alkyl halides is 1. The van der Waals surface area contributed by atoms with Gasteiger partial charge in [0, 0.05) is 0 Å². The van der Waals surface area contributed by atoms with E-state index in [1.807, 2.05) is 12.1 Å². The molecule has 2 atom stereocenters. The van der Waals surface area contributed by atoms with E-state index in [-0.39, 0.29) is 0 Å². The Bertz CT molecular complexity index is 342. The van der Waals surface area contributed by atoms with Crippen LogP contribution in [0.2, 0.25) is 0 Å². The Kier molecular flexibility index (Phi) is 4.27. The highest BCUT2D eigenvalue weighted by atomic mass is 35.5. The van der Waals surface area contributed by atoms with Crippen molar-refractivity contribution in [1.82, 2.24) is 4.98 Å². The van der Waals surface area contributed by atoms with Gasteiger partial charge in [0.05, 0.1) is 23.9 Å². The lowest BCUT2D eigenvalue weighted by molar-refractivity contribution is 0.101. The molecule has 3 heteroatoms. The first-order chi connectivity index (χ1) is 8.17. The number of pyridine rings is 1. The number of hydrogen-bond acceptors (Lipinski definition) is 2. The largest absolute Gasteiger partial charge is 0.489 e. The predicted octanol–water partition coefficient (Wildman–Crippen LogP) is 4.02. The first-order valence-electron chi connectivity index (χ1n) is 6.35. The Balaban J connectivity index is 1.95. The maximum atomic E-state index is 5.99. The lowest BCUT2D eigenvalue weighted by Gasteiger charge is -2.31. The summed E-state index contributed by atoms with van der Waals surface area (Å²) in [5.41, 5.74) is 0.893. The van der Waals surface area contributed by atoms with Gasteiger partial charge in [0.15, 0.2) is 0 Å². The summed E-state index contributed by atoms with van der Waals surface area (Å²) in [6, 6.07) is 3.90. The molecule has 1 aliphatic carbocycles. The van der Waals surface area contributed by atoms with Crippen LogP contribution >= 0.6 is 11.6 Å². The van der Waals surface area contributed by atoms with Crippen LogP contribution in [0.3, 0.4) is 0 Å². The second-order valence-corrected chi connectivity index (χ2v) is 5.54. The lowest BCUT2D eigenvalue weighted by Crippen LogP contribution is -2.28. The average Bonchev–Trinajstić information content (AvgIpc) is 2.28. The summed E-state index contributed by atoms with van der Waals surface area (Å²) < 4.78 is 5.99. The van der Waals surface area contributed by atoms with Crippen LogP contribution in [-0.2, 0) is 5.88 Å². The van der Waals surface area contributed by atoms with Gasteiger partial charge in [-0.1, -0.05) is 13.8 Å². The zero-order valence-corrected chi connectivity index (χ0v) is 11.3. The molecule has 94 valence electrons. The van der Waals surface area contributed by atoms with Gasteiger partial charge >= 0.3 is 0 Å². The molecule has 0 radical (unpaired) electrons. The van der Waals surface area contributed by atoms with Crippen LogP contribution in [0.15, 0.2) is 18.3 Å². The maximum absolute atomic E-state index is 5.99. The summed E-state index contributed by atoms with van der Waals surface area (Å²) in [4.78, 5) is 4.24. The molecule has 0 aliphatic heterocycles. The van der Waals surface area contributed by atoms with Crippen molar-refractivity contribution in [2.45, 2.75) is 45.1 Å². The monoisotopic (exact) mass is 253 g/mol. The average molecular weight is 254 g/mol. The SMILES string of the molecule is CC1CC(C)CC(Oc2ccc(CCl)nc2)C1. The third kappa shape index (κ3) is 3.60. The third-order valence-electron chi connectivity index (χ3n) is 3.37. The van der Waals surface area contributed by atoms with Gasteiger partial charge in [-0.05, 0) is 43.2 Å². The molecule has 1 heterocycles. The zero-order valence-electron chi connectivity index (χ0n) is 10.5. The van der Waals surface area contributed by atoms with E-state index in [4.69, 9.17) is 16.3 Å². The van der Waals surface area contributed by atoms with E-state index >= 15 is 0 Å². The molecule has 0 spiro atoms. The smallest absolute Gasteiger partial charge is 0.138 e. The fraction of sp³-hybridized carbons (Fsp3) is 0.643. The van der Waals surface area contributed by atoms with Gasteiger partial charge in [0.2, 0.25) is 0 Å². The predicted molar refractivity (Wildman–Crippen MR) is 70.4 cm³/mol. The van der Waals surface area contributed by atoms with E-state index in [0.29, 0.717) is 12.0 Å². The minimum absolute atomic E-state index is 0.345. The first kappa shape index (κ1) is 12.7. The molecule has 0 saturated heterocycles. The zero-order chi connectivity index (χ0) is 12.3. The normalized spacial score (nSPS) is 29.0. The van der Waals surface area contributed by atoms with E-state index in [1.54, 1.807) is 6.20 Å². The Morgan fingerprint density at radius 2 is 1.94 bits per heavy atom. The van der Waals surface area contributed by atoms with Gasteiger partial charge in [-0.2, -0.15) is 0 Å². The van der Waals surface area contributed by atoms with E-state index in [0.717, 1.165) is 36.1 Å². The topological polar surface area (TPSA) is 22.1 Å². The second-order valence-electron chi connectivity index (χ2n) is 5.28. The molecule has 1 fully saturated rings. The van der Waals surface area contributed by atoms with E-state index < -0.39 is 0 Å². The number of halogens is 1. The summed E-state index contributed by atoms with van der Waals surface area (Å²) in [6.07, 6.45) is 5.76. The molecule has 17 heavy (non-hydrogen) atoms. The molecule has 0 aromatic carbocycles. The number of rotatable bonds is 3. The van der Waals surface area contributed by atoms with Gasteiger partial charge in [0.25, 0.3) is 0 Å².